The molecule has 2 aromatic rings. The highest BCUT2D eigenvalue weighted by atomic mass is 16.5. The normalized spacial score (nSPS) is 13.6. The highest BCUT2D eigenvalue weighted by Gasteiger charge is 2.18. The fourth-order valence-electron chi connectivity index (χ4n) is 3.24. The summed E-state index contributed by atoms with van der Waals surface area (Å²) in [7, 11) is 0. The lowest BCUT2D eigenvalue weighted by molar-refractivity contribution is -0.132. The molecule has 1 fully saturated rings. The number of amides is 1. The lowest BCUT2D eigenvalue weighted by Gasteiger charge is -2.17. The summed E-state index contributed by atoms with van der Waals surface area (Å²) in [5.74, 6) is 1.73. The van der Waals surface area contributed by atoms with E-state index in [1.54, 1.807) is 0 Å². The van der Waals surface area contributed by atoms with Crippen LogP contribution in [0.1, 0.15) is 30.9 Å². The monoisotopic (exact) mass is 368 g/mol. The quantitative estimate of drug-likeness (QED) is 0.737. The number of carbonyl (C=O) groups excluding carboxylic acids is 1. The lowest BCUT2D eigenvalue weighted by Crippen LogP contribution is -2.32. The third-order valence-corrected chi connectivity index (χ3v) is 4.64. The van der Waals surface area contributed by atoms with E-state index in [0.717, 1.165) is 49.5 Å². The second-order valence-corrected chi connectivity index (χ2v) is 6.67. The van der Waals surface area contributed by atoms with E-state index in [0.29, 0.717) is 13.2 Å². The van der Waals surface area contributed by atoms with Crippen molar-refractivity contribution in [2.24, 2.45) is 0 Å². The van der Waals surface area contributed by atoms with Crippen molar-refractivity contribution in [1.29, 1.82) is 0 Å². The summed E-state index contributed by atoms with van der Waals surface area (Å²) >= 11 is 0. The summed E-state index contributed by atoms with van der Waals surface area (Å²) in [5, 5.41) is 3.44. The van der Waals surface area contributed by atoms with Gasteiger partial charge in [-0.05, 0) is 43.5 Å². The van der Waals surface area contributed by atoms with E-state index in [-0.39, 0.29) is 12.5 Å². The molecule has 5 nitrogen and oxygen atoms in total. The molecule has 27 heavy (non-hydrogen) atoms. The largest absolute Gasteiger partial charge is 0.494 e. The van der Waals surface area contributed by atoms with E-state index in [1.165, 1.54) is 5.56 Å². The predicted molar refractivity (Wildman–Crippen MR) is 106 cm³/mol. The molecule has 1 aliphatic rings. The van der Waals surface area contributed by atoms with Crippen LogP contribution in [0.15, 0.2) is 48.5 Å². The first-order valence-electron chi connectivity index (χ1n) is 9.67. The Kier molecular flexibility index (Phi) is 7.11. The van der Waals surface area contributed by atoms with Crippen LogP contribution < -0.4 is 14.8 Å². The Morgan fingerprint density at radius 1 is 1.04 bits per heavy atom. The Morgan fingerprint density at radius 3 is 2.67 bits per heavy atom. The van der Waals surface area contributed by atoms with Crippen LogP contribution in [-0.4, -0.2) is 37.1 Å². The fraction of sp³-hybridized carbons (Fsp3) is 0.409. The molecule has 1 heterocycles. The Labute approximate surface area is 161 Å². The molecule has 0 aliphatic carbocycles. The maximum Gasteiger partial charge on any atom is 0.260 e. The topological polar surface area (TPSA) is 50.8 Å². The highest BCUT2D eigenvalue weighted by Crippen LogP contribution is 2.19. The number of nitrogens with zero attached hydrogens (tertiary/aromatic N) is 1. The van der Waals surface area contributed by atoms with Gasteiger partial charge < -0.3 is 19.7 Å². The van der Waals surface area contributed by atoms with Gasteiger partial charge in [-0.25, -0.2) is 0 Å². The van der Waals surface area contributed by atoms with Crippen LogP contribution in [0.25, 0.3) is 0 Å². The molecule has 3 rings (SSSR count). The summed E-state index contributed by atoms with van der Waals surface area (Å²) in [6, 6.07) is 16.0. The average Bonchev–Trinajstić information content (AvgIpc) is 3.22. The number of hydrogen-bond donors (Lipinski definition) is 1. The van der Waals surface area contributed by atoms with Gasteiger partial charge in [-0.3, -0.25) is 4.79 Å². The van der Waals surface area contributed by atoms with Gasteiger partial charge in [0, 0.05) is 31.7 Å². The molecule has 1 amide bonds. The zero-order valence-corrected chi connectivity index (χ0v) is 15.9. The van der Waals surface area contributed by atoms with E-state index < -0.39 is 0 Å². The third kappa shape index (κ3) is 5.73. The van der Waals surface area contributed by atoms with E-state index >= 15 is 0 Å². The molecule has 0 atom stereocenters. The first-order valence-corrected chi connectivity index (χ1v) is 9.67. The van der Waals surface area contributed by atoms with Crippen molar-refractivity contribution >= 4 is 5.91 Å². The highest BCUT2D eigenvalue weighted by molar-refractivity contribution is 5.78. The van der Waals surface area contributed by atoms with Crippen LogP contribution >= 0.6 is 0 Å². The number of carbonyl (C=O) groups is 1. The minimum atomic E-state index is 0.0722. The zero-order valence-electron chi connectivity index (χ0n) is 15.9. The first kappa shape index (κ1) is 19.2. The van der Waals surface area contributed by atoms with Crippen LogP contribution in [0.2, 0.25) is 0 Å². The second kappa shape index (κ2) is 9.97. The number of nitrogens with one attached hydrogen (secondary N) is 1. The van der Waals surface area contributed by atoms with E-state index in [9.17, 15) is 4.79 Å². The Balaban J connectivity index is 1.51. The van der Waals surface area contributed by atoms with E-state index in [2.05, 4.69) is 11.4 Å². The van der Waals surface area contributed by atoms with Crippen molar-refractivity contribution in [2.45, 2.75) is 32.9 Å². The predicted octanol–water partition coefficient (Wildman–Crippen LogP) is 3.38. The fourth-order valence-corrected chi connectivity index (χ4v) is 3.24. The van der Waals surface area contributed by atoms with Crippen LogP contribution in [0.5, 0.6) is 11.5 Å². The molecule has 0 bridgehead atoms. The minimum Gasteiger partial charge on any atom is -0.494 e. The molecule has 1 N–H and O–H groups in total. The van der Waals surface area contributed by atoms with E-state index in [4.69, 9.17) is 9.47 Å². The Morgan fingerprint density at radius 2 is 1.85 bits per heavy atom. The smallest absolute Gasteiger partial charge is 0.260 e. The molecule has 0 unspecified atom stereocenters. The molecule has 0 aromatic heterocycles. The molecule has 1 saturated heterocycles. The summed E-state index contributed by atoms with van der Waals surface area (Å²) in [6.45, 7) is 5.87. The van der Waals surface area contributed by atoms with Crippen LogP contribution in [0, 0.1) is 0 Å². The maximum absolute atomic E-state index is 12.2. The molecular formula is C22H28N2O3. The number of hydrogen-bond acceptors (Lipinski definition) is 4. The van der Waals surface area contributed by atoms with Crippen molar-refractivity contribution in [3.8, 4) is 11.5 Å². The lowest BCUT2D eigenvalue weighted by atomic mass is 10.2. The van der Waals surface area contributed by atoms with Gasteiger partial charge in [0.25, 0.3) is 5.91 Å². The zero-order chi connectivity index (χ0) is 18.9. The molecule has 5 heteroatoms. The molecule has 0 radical (unpaired) electrons. The van der Waals surface area contributed by atoms with Crippen LogP contribution in [0.3, 0.4) is 0 Å². The first-order chi connectivity index (χ1) is 13.3. The van der Waals surface area contributed by atoms with Gasteiger partial charge in [-0.1, -0.05) is 30.3 Å². The molecule has 2 aromatic carbocycles. The SMILES string of the molecule is CCOc1cccc(CNCc2ccccc2OCC(=O)N2CCCC2)c1. The van der Waals surface area contributed by atoms with Gasteiger partial charge in [-0.2, -0.15) is 0 Å². The second-order valence-electron chi connectivity index (χ2n) is 6.67. The maximum atomic E-state index is 12.2. The van der Waals surface area contributed by atoms with Gasteiger partial charge >= 0.3 is 0 Å². The number of rotatable bonds is 9. The van der Waals surface area contributed by atoms with Crippen LogP contribution in [0.4, 0.5) is 0 Å². The van der Waals surface area contributed by atoms with Crippen LogP contribution in [-0.2, 0) is 17.9 Å². The number of benzene rings is 2. The van der Waals surface area contributed by atoms with Gasteiger partial charge in [-0.15, -0.1) is 0 Å². The number of para-hydroxylation sites is 1. The molecule has 144 valence electrons. The summed E-state index contributed by atoms with van der Waals surface area (Å²) < 4.78 is 11.4. The van der Waals surface area contributed by atoms with Gasteiger partial charge in [0.05, 0.1) is 6.61 Å². The summed E-state index contributed by atoms with van der Waals surface area (Å²) in [4.78, 5) is 14.1. The molecule has 1 aliphatic heterocycles. The minimum absolute atomic E-state index is 0.0722. The molecular weight excluding hydrogens is 340 g/mol. The van der Waals surface area contributed by atoms with Gasteiger partial charge in [0.15, 0.2) is 6.61 Å². The Bertz CT molecular complexity index is 742. The van der Waals surface area contributed by atoms with Crippen molar-refractivity contribution < 1.29 is 14.3 Å². The van der Waals surface area contributed by atoms with Crippen molar-refractivity contribution in [2.75, 3.05) is 26.3 Å². The number of ether oxygens (including phenoxy) is 2. The standard InChI is InChI=1S/C22H28N2O3/c1-2-26-20-10-7-8-18(14-20)15-23-16-19-9-3-4-11-21(19)27-17-22(25)24-12-5-6-13-24/h3-4,7-11,14,23H,2,5-6,12-13,15-17H2,1H3. The van der Waals surface area contributed by atoms with Crippen molar-refractivity contribution in [1.82, 2.24) is 10.2 Å². The number of likely N-dealkylation sites (tertiary alicyclic amines) is 1. The summed E-state index contributed by atoms with van der Waals surface area (Å²) in [5.41, 5.74) is 2.22. The van der Waals surface area contributed by atoms with Gasteiger partial charge in [0.2, 0.25) is 0 Å². The average molecular weight is 368 g/mol. The third-order valence-electron chi connectivity index (χ3n) is 4.64. The molecule has 0 saturated carbocycles. The van der Waals surface area contributed by atoms with Crippen molar-refractivity contribution in [3.05, 3.63) is 59.7 Å². The summed E-state index contributed by atoms with van der Waals surface area (Å²) in [6.07, 6.45) is 2.19. The van der Waals surface area contributed by atoms with E-state index in [1.807, 2.05) is 54.3 Å². The van der Waals surface area contributed by atoms with Gasteiger partial charge in [0.1, 0.15) is 11.5 Å². The molecule has 0 spiro atoms. The van der Waals surface area contributed by atoms with Crippen molar-refractivity contribution in [3.63, 3.8) is 0 Å². The Hall–Kier alpha value is -2.53.